The van der Waals surface area contributed by atoms with Crippen molar-refractivity contribution in [2.24, 2.45) is 5.92 Å². The number of likely N-dealkylation sites (tertiary alicyclic amines) is 1. The molecule has 1 aromatic carbocycles. The Morgan fingerprint density at radius 1 is 1.33 bits per heavy atom. The summed E-state index contributed by atoms with van der Waals surface area (Å²) in [4.78, 5) is 26.0. The smallest absolute Gasteiger partial charge is 0.222 e. The van der Waals surface area contributed by atoms with E-state index in [1.165, 1.54) is 0 Å². The van der Waals surface area contributed by atoms with Gasteiger partial charge in [0.1, 0.15) is 5.75 Å². The summed E-state index contributed by atoms with van der Waals surface area (Å²) < 4.78 is 5.14. The van der Waals surface area contributed by atoms with Crippen LogP contribution in [0.1, 0.15) is 23.2 Å². The lowest BCUT2D eigenvalue weighted by Crippen LogP contribution is -2.41. The average molecular weight is 290 g/mol. The van der Waals surface area contributed by atoms with Crippen molar-refractivity contribution in [2.45, 2.75) is 12.8 Å². The van der Waals surface area contributed by atoms with Gasteiger partial charge in [0.05, 0.1) is 13.7 Å². The molecule has 0 saturated carbocycles. The summed E-state index contributed by atoms with van der Waals surface area (Å²) >= 11 is 0. The number of amides is 1. The van der Waals surface area contributed by atoms with Crippen molar-refractivity contribution in [1.82, 2.24) is 10.2 Å². The van der Waals surface area contributed by atoms with Crippen molar-refractivity contribution in [1.29, 1.82) is 0 Å². The number of ether oxygens (including phenoxy) is 1. The Morgan fingerprint density at radius 3 is 2.67 bits per heavy atom. The Kier molecular flexibility index (Phi) is 5.33. The van der Waals surface area contributed by atoms with Crippen LogP contribution < -0.4 is 10.1 Å². The Bertz CT molecular complexity index is 508. The molecular formula is C16H22N2O3. The van der Waals surface area contributed by atoms with Crippen LogP contribution in [0.25, 0.3) is 0 Å². The van der Waals surface area contributed by atoms with Gasteiger partial charge < -0.3 is 10.1 Å². The zero-order valence-corrected chi connectivity index (χ0v) is 12.6. The SMILES string of the molecule is CNC(=O)C1CCN(CC(=O)c2cccc(OC)c2)CC1. The topological polar surface area (TPSA) is 58.6 Å². The van der Waals surface area contributed by atoms with Crippen LogP contribution in [0.2, 0.25) is 0 Å². The van der Waals surface area contributed by atoms with Gasteiger partial charge in [-0.2, -0.15) is 0 Å². The largest absolute Gasteiger partial charge is 0.497 e. The van der Waals surface area contributed by atoms with Gasteiger partial charge in [-0.05, 0) is 38.1 Å². The first kappa shape index (κ1) is 15.5. The summed E-state index contributed by atoms with van der Waals surface area (Å²) in [5.74, 6) is 0.971. The van der Waals surface area contributed by atoms with Crippen LogP contribution in [0.5, 0.6) is 5.75 Å². The van der Waals surface area contributed by atoms with Crippen molar-refractivity contribution in [3.63, 3.8) is 0 Å². The van der Waals surface area contributed by atoms with Gasteiger partial charge in [-0.25, -0.2) is 0 Å². The molecule has 1 saturated heterocycles. The van der Waals surface area contributed by atoms with E-state index in [-0.39, 0.29) is 17.6 Å². The second kappa shape index (κ2) is 7.22. The number of carbonyl (C=O) groups is 2. The van der Waals surface area contributed by atoms with Crippen LogP contribution in [-0.4, -0.2) is 50.4 Å². The Hall–Kier alpha value is -1.88. The van der Waals surface area contributed by atoms with Crippen LogP contribution in [0.4, 0.5) is 0 Å². The highest BCUT2D eigenvalue weighted by molar-refractivity contribution is 5.98. The number of nitrogens with zero attached hydrogens (tertiary/aromatic N) is 1. The fourth-order valence-corrected chi connectivity index (χ4v) is 2.65. The van der Waals surface area contributed by atoms with Gasteiger partial charge in [0.2, 0.25) is 5.91 Å². The predicted octanol–water partition coefficient (Wildman–Crippen LogP) is 1.34. The van der Waals surface area contributed by atoms with Crippen molar-refractivity contribution < 1.29 is 14.3 Å². The van der Waals surface area contributed by atoms with Crippen molar-refractivity contribution >= 4 is 11.7 Å². The van der Waals surface area contributed by atoms with Crippen LogP contribution in [0, 0.1) is 5.92 Å². The number of rotatable bonds is 5. The van der Waals surface area contributed by atoms with E-state index in [0.29, 0.717) is 17.9 Å². The second-order valence-electron chi connectivity index (χ2n) is 5.32. The highest BCUT2D eigenvalue weighted by Gasteiger charge is 2.25. The summed E-state index contributed by atoms with van der Waals surface area (Å²) in [6.45, 7) is 1.97. The molecule has 0 bridgehead atoms. The van der Waals surface area contributed by atoms with Crippen molar-refractivity contribution in [2.75, 3.05) is 33.8 Å². The molecule has 1 N–H and O–H groups in total. The van der Waals surface area contributed by atoms with Gasteiger partial charge in [-0.1, -0.05) is 12.1 Å². The zero-order chi connectivity index (χ0) is 15.2. The fourth-order valence-electron chi connectivity index (χ4n) is 2.65. The Balaban J connectivity index is 1.88. The van der Waals surface area contributed by atoms with E-state index in [4.69, 9.17) is 4.74 Å². The van der Waals surface area contributed by atoms with Crippen molar-refractivity contribution in [3.8, 4) is 5.75 Å². The highest BCUT2D eigenvalue weighted by Crippen LogP contribution is 2.18. The first-order valence-electron chi connectivity index (χ1n) is 7.25. The van der Waals surface area contributed by atoms with Gasteiger partial charge in [0.15, 0.2) is 5.78 Å². The number of ketones is 1. The van der Waals surface area contributed by atoms with E-state index in [1.807, 2.05) is 18.2 Å². The third-order valence-corrected chi connectivity index (χ3v) is 3.96. The van der Waals surface area contributed by atoms with Crippen molar-refractivity contribution in [3.05, 3.63) is 29.8 Å². The number of hydrogen-bond acceptors (Lipinski definition) is 4. The minimum Gasteiger partial charge on any atom is -0.497 e. The molecule has 1 aliphatic rings. The zero-order valence-electron chi connectivity index (χ0n) is 12.6. The Morgan fingerprint density at radius 2 is 2.05 bits per heavy atom. The maximum Gasteiger partial charge on any atom is 0.222 e. The summed E-state index contributed by atoms with van der Waals surface area (Å²) in [5, 5.41) is 2.69. The molecular weight excluding hydrogens is 268 g/mol. The minimum atomic E-state index is 0.0816. The van der Waals surface area contributed by atoms with E-state index < -0.39 is 0 Å². The van der Waals surface area contributed by atoms with E-state index in [0.717, 1.165) is 25.9 Å². The third-order valence-electron chi connectivity index (χ3n) is 3.96. The molecule has 0 radical (unpaired) electrons. The molecule has 114 valence electrons. The highest BCUT2D eigenvalue weighted by atomic mass is 16.5. The standard InChI is InChI=1S/C16H22N2O3/c1-17-16(20)12-6-8-18(9-7-12)11-15(19)13-4-3-5-14(10-13)21-2/h3-5,10,12H,6-9,11H2,1-2H3,(H,17,20). The number of hydrogen-bond donors (Lipinski definition) is 1. The number of nitrogens with one attached hydrogen (secondary N) is 1. The lowest BCUT2D eigenvalue weighted by Gasteiger charge is -2.30. The lowest BCUT2D eigenvalue weighted by atomic mass is 9.95. The molecule has 1 aliphatic heterocycles. The van der Waals surface area contributed by atoms with Crippen LogP contribution in [0.3, 0.4) is 0 Å². The van der Waals surface area contributed by atoms with Crippen LogP contribution in [-0.2, 0) is 4.79 Å². The lowest BCUT2D eigenvalue weighted by molar-refractivity contribution is -0.125. The molecule has 5 nitrogen and oxygen atoms in total. The number of Topliss-reactive ketones (excluding diaryl/α,β-unsaturated/α-hetero) is 1. The maximum atomic E-state index is 12.3. The van der Waals surface area contributed by atoms with Gasteiger partial charge in [-0.15, -0.1) is 0 Å². The molecule has 2 rings (SSSR count). The van der Waals surface area contributed by atoms with Gasteiger partial charge in [-0.3, -0.25) is 14.5 Å². The fraction of sp³-hybridized carbons (Fsp3) is 0.500. The van der Waals surface area contributed by atoms with Gasteiger partial charge >= 0.3 is 0 Å². The van der Waals surface area contributed by atoms with Crippen LogP contribution in [0.15, 0.2) is 24.3 Å². The molecule has 1 heterocycles. The first-order valence-corrected chi connectivity index (χ1v) is 7.25. The molecule has 0 aliphatic carbocycles. The van der Waals surface area contributed by atoms with E-state index in [1.54, 1.807) is 20.2 Å². The molecule has 1 amide bonds. The molecule has 0 spiro atoms. The first-order chi connectivity index (χ1) is 10.1. The molecule has 0 unspecified atom stereocenters. The number of carbonyl (C=O) groups excluding carboxylic acids is 2. The van der Waals surface area contributed by atoms with E-state index in [9.17, 15) is 9.59 Å². The summed E-state index contributed by atoms with van der Waals surface area (Å²) in [7, 11) is 3.26. The van der Waals surface area contributed by atoms with E-state index >= 15 is 0 Å². The maximum absolute atomic E-state index is 12.3. The molecule has 0 aromatic heterocycles. The molecule has 5 heteroatoms. The summed E-state index contributed by atoms with van der Waals surface area (Å²) in [5.41, 5.74) is 0.669. The summed E-state index contributed by atoms with van der Waals surface area (Å²) in [6.07, 6.45) is 1.62. The molecule has 0 atom stereocenters. The monoisotopic (exact) mass is 290 g/mol. The normalized spacial score (nSPS) is 16.5. The molecule has 1 fully saturated rings. The molecule has 21 heavy (non-hydrogen) atoms. The predicted molar refractivity (Wildman–Crippen MR) is 80.6 cm³/mol. The summed E-state index contributed by atoms with van der Waals surface area (Å²) in [6, 6.07) is 7.22. The number of piperidine rings is 1. The number of benzene rings is 1. The van der Waals surface area contributed by atoms with Crippen LogP contribution >= 0.6 is 0 Å². The Labute approximate surface area is 125 Å². The second-order valence-corrected chi connectivity index (χ2v) is 5.32. The minimum absolute atomic E-state index is 0.0816. The van der Waals surface area contributed by atoms with E-state index in [2.05, 4.69) is 10.2 Å². The molecule has 1 aromatic rings. The average Bonchev–Trinajstić information content (AvgIpc) is 2.54. The third kappa shape index (κ3) is 4.04. The van der Waals surface area contributed by atoms with Gasteiger partial charge in [0, 0.05) is 18.5 Å². The quantitative estimate of drug-likeness (QED) is 0.831. The number of methoxy groups -OCH3 is 1. The van der Waals surface area contributed by atoms with Gasteiger partial charge in [0.25, 0.3) is 0 Å².